The smallest absolute Gasteiger partial charge is 0.223 e. The molecule has 35 heavy (non-hydrogen) atoms. The van der Waals surface area contributed by atoms with Gasteiger partial charge in [-0.2, -0.15) is 5.10 Å². The molecule has 7 nitrogen and oxygen atoms in total. The monoisotopic (exact) mass is 473 g/mol. The van der Waals surface area contributed by atoms with Gasteiger partial charge in [0.05, 0.1) is 18.8 Å². The lowest BCUT2D eigenvalue weighted by Gasteiger charge is -2.32. The molecule has 0 spiro atoms. The zero-order chi connectivity index (χ0) is 24.4. The standard InChI is InChI=1S/C27H28FN5O2/c1-18(19-6-8-22(28)9-7-19)30-27(34)20-10-13-32(14-11-20)26-25-17-24(31-33(25)15-12-29-26)21-4-3-5-23(16-21)35-2/h3-9,12,15-18,20H,10-11,13-14H2,1-2H3,(H,30,34)/t18-/m0/s1. The summed E-state index contributed by atoms with van der Waals surface area (Å²) < 4.78 is 20.4. The van der Waals surface area contributed by atoms with Gasteiger partial charge < -0.3 is 15.0 Å². The van der Waals surface area contributed by atoms with Crippen LogP contribution in [0.2, 0.25) is 0 Å². The summed E-state index contributed by atoms with van der Waals surface area (Å²) in [4.78, 5) is 19.7. The minimum Gasteiger partial charge on any atom is -0.497 e. The van der Waals surface area contributed by atoms with E-state index in [9.17, 15) is 9.18 Å². The summed E-state index contributed by atoms with van der Waals surface area (Å²) in [7, 11) is 1.65. The van der Waals surface area contributed by atoms with Crippen LogP contribution in [0, 0.1) is 11.7 Å². The summed E-state index contributed by atoms with van der Waals surface area (Å²) in [5.74, 6) is 1.35. The van der Waals surface area contributed by atoms with Gasteiger partial charge in [-0.15, -0.1) is 0 Å². The van der Waals surface area contributed by atoms with Crippen molar-refractivity contribution in [1.82, 2.24) is 19.9 Å². The maximum absolute atomic E-state index is 13.2. The third-order valence-electron chi connectivity index (χ3n) is 6.63. The summed E-state index contributed by atoms with van der Waals surface area (Å²) in [5, 5.41) is 7.81. The second kappa shape index (κ2) is 9.74. The Labute approximate surface area is 203 Å². The van der Waals surface area contributed by atoms with E-state index in [1.165, 1.54) is 12.1 Å². The van der Waals surface area contributed by atoms with Gasteiger partial charge in [0.2, 0.25) is 5.91 Å². The molecule has 1 aliphatic heterocycles. The molecule has 4 aromatic rings. The van der Waals surface area contributed by atoms with Gasteiger partial charge in [0.25, 0.3) is 0 Å². The van der Waals surface area contributed by atoms with Crippen LogP contribution < -0.4 is 15.0 Å². The number of fused-ring (bicyclic) bond motifs is 1. The van der Waals surface area contributed by atoms with Crippen molar-refractivity contribution in [2.75, 3.05) is 25.1 Å². The van der Waals surface area contributed by atoms with Crippen molar-refractivity contribution in [1.29, 1.82) is 0 Å². The Balaban J connectivity index is 1.27. The Bertz CT molecular complexity index is 1330. The molecule has 2 aromatic heterocycles. The molecule has 0 radical (unpaired) electrons. The molecule has 8 heteroatoms. The van der Waals surface area contributed by atoms with E-state index in [4.69, 9.17) is 9.84 Å². The van der Waals surface area contributed by atoms with Crippen molar-refractivity contribution >= 4 is 17.2 Å². The van der Waals surface area contributed by atoms with E-state index in [1.807, 2.05) is 48.0 Å². The molecule has 1 fully saturated rings. The molecule has 3 heterocycles. The summed E-state index contributed by atoms with van der Waals surface area (Å²) in [6.45, 7) is 3.38. The van der Waals surface area contributed by atoms with Crippen LogP contribution in [0.15, 0.2) is 67.0 Å². The number of carbonyl (C=O) groups is 1. The summed E-state index contributed by atoms with van der Waals surface area (Å²) >= 11 is 0. The first-order valence-electron chi connectivity index (χ1n) is 11.8. The lowest BCUT2D eigenvalue weighted by Crippen LogP contribution is -2.41. The topological polar surface area (TPSA) is 71.8 Å². The van der Waals surface area contributed by atoms with Crippen molar-refractivity contribution in [3.05, 3.63) is 78.4 Å². The molecule has 1 aliphatic rings. The first-order chi connectivity index (χ1) is 17.0. The van der Waals surface area contributed by atoms with Crippen molar-refractivity contribution in [3.63, 3.8) is 0 Å². The Morgan fingerprint density at radius 3 is 2.66 bits per heavy atom. The van der Waals surface area contributed by atoms with E-state index in [0.29, 0.717) is 0 Å². The molecule has 1 saturated heterocycles. The highest BCUT2D eigenvalue weighted by atomic mass is 19.1. The molecule has 1 atom stereocenters. The zero-order valence-electron chi connectivity index (χ0n) is 19.8. The van der Waals surface area contributed by atoms with Crippen LogP contribution in [0.25, 0.3) is 16.8 Å². The predicted molar refractivity (Wildman–Crippen MR) is 133 cm³/mol. The molecule has 1 amide bonds. The van der Waals surface area contributed by atoms with Gasteiger partial charge in [-0.1, -0.05) is 24.3 Å². The molecule has 0 saturated carbocycles. The van der Waals surface area contributed by atoms with Gasteiger partial charge in [0.1, 0.15) is 17.1 Å². The number of hydrogen-bond donors (Lipinski definition) is 1. The highest BCUT2D eigenvalue weighted by Gasteiger charge is 2.27. The summed E-state index contributed by atoms with van der Waals surface area (Å²) in [6.07, 6.45) is 5.08. The van der Waals surface area contributed by atoms with Crippen molar-refractivity contribution in [2.45, 2.75) is 25.8 Å². The van der Waals surface area contributed by atoms with Gasteiger partial charge in [0, 0.05) is 37.0 Å². The Kier molecular flexibility index (Phi) is 6.35. The van der Waals surface area contributed by atoms with Gasteiger partial charge in [-0.05, 0) is 55.7 Å². The number of nitrogens with zero attached hydrogens (tertiary/aromatic N) is 4. The van der Waals surface area contributed by atoms with Crippen molar-refractivity contribution in [3.8, 4) is 17.0 Å². The van der Waals surface area contributed by atoms with Crippen LogP contribution in [0.3, 0.4) is 0 Å². The van der Waals surface area contributed by atoms with E-state index in [2.05, 4.69) is 15.2 Å². The molecular formula is C27H28FN5O2. The molecule has 0 unspecified atom stereocenters. The molecular weight excluding hydrogens is 445 g/mol. The molecule has 1 N–H and O–H groups in total. The number of aromatic nitrogens is 3. The number of amides is 1. The van der Waals surface area contributed by atoms with Crippen LogP contribution in [0.1, 0.15) is 31.4 Å². The third kappa shape index (κ3) is 4.82. The van der Waals surface area contributed by atoms with E-state index in [0.717, 1.165) is 59.8 Å². The average molecular weight is 474 g/mol. The number of benzene rings is 2. The molecule has 0 aliphatic carbocycles. The van der Waals surface area contributed by atoms with E-state index in [-0.39, 0.29) is 23.7 Å². The number of rotatable bonds is 6. The lowest BCUT2D eigenvalue weighted by molar-refractivity contribution is -0.126. The summed E-state index contributed by atoms with van der Waals surface area (Å²) in [5.41, 5.74) is 3.64. The first-order valence-corrected chi connectivity index (χ1v) is 11.8. The van der Waals surface area contributed by atoms with Crippen LogP contribution in [-0.2, 0) is 4.79 Å². The second-order valence-corrected chi connectivity index (χ2v) is 8.89. The van der Waals surface area contributed by atoms with Crippen LogP contribution in [0.4, 0.5) is 10.2 Å². The maximum atomic E-state index is 13.2. The summed E-state index contributed by atoms with van der Waals surface area (Å²) in [6, 6.07) is 16.0. The fourth-order valence-electron chi connectivity index (χ4n) is 4.59. The second-order valence-electron chi connectivity index (χ2n) is 8.89. The minimum atomic E-state index is -0.280. The van der Waals surface area contributed by atoms with Crippen LogP contribution >= 0.6 is 0 Å². The number of methoxy groups -OCH3 is 1. The van der Waals surface area contributed by atoms with E-state index < -0.39 is 0 Å². The predicted octanol–water partition coefficient (Wildman–Crippen LogP) is 4.64. The Morgan fingerprint density at radius 2 is 1.91 bits per heavy atom. The zero-order valence-corrected chi connectivity index (χ0v) is 19.8. The number of halogens is 1. The SMILES string of the molecule is COc1cccc(-c2cc3c(N4CCC(C(=O)N[C@@H](C)c5ccc(F)cc5)CC4)nccn3n2)c1. The fourth-order valence-corrected chi connectivity index (χ4v) is 4.59. The first kappa shape index (κ1) is 22.8. The molecule has 180 valence electrons. The highest BCUT2D eigenvalue weighted by molar-refractivity contribution is 5.80. The maximum Gasteiger partial charge on any atom is 0.223 e. The largest absolute Gasteiger partial charge is 0.497 e. The number of ether oxygens (including phenoxy) is 1. The van der Waals surface area contributed by atoms with Gasteiger partial charge >= 0.3 is 0 Å². The number of anilines is 1. The highest BCUT2D eigenvalue weighted by Crippen LogP contribution is 2.29. The van der Waals surface area contributed by atoms with Crippen LogP contribution in [0.5, 0.6) is 5.75 Å². The van der Waals surface area contributed by atoms with Gasteiger partial charge in [-0.3, -0.25) is 4.79 Å². The minimum absolute atomic E-state index is 0.0392. The third-order valence-corrected chi connectivity index (χ3v) is 6.63. The number of nitrogens with one attached hydrogen (secondary N) is 1. The quantitative estimate of drug-likeness (QED) is 0.442. The van der Waals surface area contributed by atoms with E-state index >= 15 is 0 Å². The van der Waals surface area contributed by atoms with Crippen molar-refractivity contribution in [2.24, 2.45) is 5.92 Å². The Morgan fingerprint density at radius 1 is 1.14 bits per heavy atom. The van der Waals surface area contributed by atoms with E-state index in [1.54, 1.807) is 25.4 Å². The lowest BCUT2D eigenvalue weighted by atomic mass is 9.95. The molecule has 0 bridgehead atoms. The molecule has 5 rings (SSSR count). The normalized spacial score (nSPS) is 15.2. The number of carbonyl (C=O) groups excluding carboxylic acids is 1. The van der Waals surface area contributed by atoms with Gasteiger partial charge in [0.15, 0.2) is 5.82 Å². The van der Waals surface area contributed by atoms with Crippen LogP contribution in [-0.4, -0.2) is 40.7 Å². The molecule has 2 aromatic carbocycles. The number of piperidine rings is 1. The Hall–Kier alpha value is -3.94. The van der Waals surface area contributed by atoms with Gasteiger partial charge in [-0.25, -0.2) is 13.9 Å². The number of hydrogen-bond acceptors (Lipinski definition) is 5. The average Bonchev–Trinajstić information content (AvgIpc) is 3.34. The van der Waals surface area contributed by atoms with Crippen molar-refractivity contribution < 1.29 is 13.9 Å². The fraction of sp³-hybridized carbons (Fsp3) is 0.296.